The highest BCUT2D eigenvalue weighted by Crippen LogP contribution is 2.39. The summed E-state index contributed by atoms with van der Waals surface area (Å²) in [4.78, 5) is 2.34. The Labute approximate surface area is 143 Å². The molecule has 1 saturated carbocycles. The summed E-state index contributed by atoms with van der Waals surface area (Å²) < 4.78 is 33.7. The molecule has 132 valence electrons. The van der Waals surface area contributed by atoms with Gasteiger partial charge < -0.3 is 14.7 Å². The number of fused-ring (bicyclic) bond motifs is 1. The molecule has 2 heterocycles. The maximum Gasteiger partial charge on any atom is 0.247 e. The van der Waals surface area contributed by atoms with Gasteiger partial charge in [0.2, 0.25) is 10.0 Å². The summed E-state index contributed by atoms with van der Waals surface area (Å²) in [6.07, 6.45) is 2.99. The SMILES string of the molecule is C[C@@H]1CCN(C2CC2)S(=O)(=O)c2ccc(N3CC[C@H](O)C3)cc2O1. The molecule has 1 aromatic rings. The fourth-order valence-electron chi connectivity index (χ4n) is 3.55. The van der Waals surface area contributed by atoms with Crippen molar-refractivity contribution in [1.29, 1.82) is 0 Å². The topological polar surface area (TPSA) is 70.1 Å². The maximum absolute atomic E-state index is 13.0. The Morgan fingerprint density at radius 2 is 1.96 bits per heavy atom. The second-order valence-corrected chi connectivity index (χ2v) is 8.94. The monoisotopic (exact) mass is 352 g/mol. The van der Waals surface area contributed by atoms with Crippen LogP contribution in [0.15, 0.2) is 23.1 Å². The van der Waals surface area contributed by atoms with Crippen LogP contribution < -0.4 is 9.64 Å². The van der Waals surface area contributed by atoms with E-state index in [4.69, 9.17) is 4.74 Å². The van der Waals surface area contributed by atoms with Gasteiger partial charge in [-0.15, -0.1) is 0 Å². The van der Waals surface area contributed by atoms with Crippen LogP contribution in [0.5, 0.6) is 5.75 Å². The summed E-state index contributed by atoms with van der Waals surface area (Å²) in [5.74, 6) is 0.437. The minimum Gasteiger partial charge on any atom is -0.489 e. The Bertz CT molecular complexity index is 732. The van der Waals surface area contributed by atoms with Gasteiger partial charge in [0.1, 0.15) is 10.6 Å². The van der Waals surface area contributed by atoms with Crippen LogP contribution in [-0.4, -0.2) is 55.7 Å². The molecule has 0 amide bonds. The van der Waals surface area contributed by atoms with E-state index in [1.165, 1.54) is 0 Å². The van der Waals surface area contributed by atoms with E-state index in [-0.39, 0.29) is 23.1 Å². The van der Waals surface area contributed by atoms with E-state index in [9.17, 15) is 13.5 Å². The predicted octanol–water partition coefficient (Wildman–Crippen LogP) is 1.58. The Balaban J connectivity index is 1.73. The third-order valence-electron chi connectivity index (χ3n) is 5.08. The number of hydrogen-bond acceptors (Lipinski definition) is 5. The number of β-amino-alcohol motifs (C(OH)–C–C–N with tert-alkyl or cyclic N) is 1. The van der Waals surface area contributed by atoms with Crippen molar-refractivity contribution < 1.29 is 18.3 Å². The molecule has 1 aromatic carbocycles. The van der Waals surface area contributed by atoms with E-state index in [1.807, 2.05) is 19.1 Å². The molecule has 3 aliphatic rings. The summed E-state index contributed by atoms with van der Waals surface area (Å²) in [6.45, 7) is 3.86. The van der Waals surface area contributed by atoms with Gasteiger partial charge >= 0.3 is 0 Å². The fourth-order valence-corrected chi connectivity index (χ4v) is 5.35. The third-order valence-corrected chi connectivity index (χ3v) is 7.07. The molecule has 2 fully saturated rings. The molecule has 2 atom stereocenters. The molecule has 1 N–H and O–H groups in total. The van der Waals surface area contributed by atoms with Crippen LogP contribution >= 0.6 is 0 Å². The van der Waals surface area contributed by atoms with Crippen LogP contribution in [0.2, 0.25) is 0 Å². The van der Waals surface area contributed by atoms with Crippen molar-refractivity contribution in [3.8, 4) is 5.75 Å². The van der Waals surface area contributed by atoms with Crippen LogP contribution in [0.3, 0.4) is 0 Å². The number of benzene rings is 1. The Kier molecular flexibility index (Phi) is 3.97. The van der Waals surface area contributed by atoms with Crippen LogP contribution in [-0.2, 0) is 10.0 Å². The first-order valence-electron chi connectivity index (χ1n) is 8.71. The fraction of sp³-hybridized carbons (Fsp3) is 0.647. The summed E-state index contributed by atoms with van der Waals surface area (Å²) in [5.41, 5.74) is 0.909. The molecule has 1 saturated heterocycles. The quantitative estimate of drug-likeness (QED) is 0.875. The minimum atomic E-state index is -3.51. The molecule has 1 aliphatic carbocycles. The highest BCUT2D eigenvalue weighted by atomic mass is 32.2. The van der Waals surface area contributed by atoms with Gasteiger partial charge in [-0.2, -0.15) is 4.31 Å². The molecule has 4 rings (SSSR count). The molecule has 0 radical (unpaired) electrons. The molecular weight excluding hydrogens is 328 g/mol. The van der Waals surface area contributed by atoms with Gasteiger partial charge in [-0.25, -0.2) is 8.42 Å². The molecule has 24 heavy (non-hydrogen) atoms. The highest BCUT2D eigenvalue weighted by molar-refractivity contribution is 7.89. The number of nitrogens with zero attached hydrogens (tertiary/aromatic N) is 2. The van der Waals surface area contributed by atoms with Crippen LogP contribution in [0, 0.1) is 0 Å². The number of aliphatic hydroxyl groups is 1. The average Bonchev–Trinajstić information content (AvgIpc) is 3.26. The first-order chi connectivity index (χ1) is 11.4. The largest absolute Gasteiger partial charge is 0.489 e. The van der Waals surface area contributed by atoms with Gasteiger partial charge in [0.05, 0.1) is 12.2 Å². The zero-order chi connectivity index (χ0) is 16.9. The smallest absolute Gasteiger partial charge is 0.247 e. The van der Waals surface area contributed by atoms with Gasteiger partial charge in [-0.3, -0.25) is 0 Å². The number of hydrogen-bond donors (Lipinski definition) is 1. The van der Waals surface area contributed by atoms with Gasteiger partial charge in [0, 0.05) is 37.4 Å². The molecule has 0 aromatic heterocycles. The van der Waals surface area contributed by atoms with E-state index in [1.54, 1.807) is 10.4 Å². The average molecular weight is 352 g/mol. The van der Waals surface area contributed by atoms with E-state index in [2.05, 4.69) is 4.90 Å². The van der Waals surface area contributed by atoms with E-state index in [0.717, 1.165) is 31.5 Å². The number of sulfonamides is 1. The first kappa shape index (κ1) is 16.2. The molecule has 2 aliphatic heterocycles. The Morgan fingerprint density at radius 1 is 1.17 bits per heavy atom. The second kappa shape index (κ2) is 5.89. The molecule has 0 bridgehead atoms. The number of rotatable bonds is 2. The predicted molar refractivity (Wildman–Crippen MR) is 90.9 cm³/mol. The Hall–Kier alpha value is -1.31. The van der Waals surface area contributed by atoms with Crippen molar-refractivity contribution in [2.45, 2.75) is 55.8 Å². The van der Waals surface area contributed by atoms with Gasteiger partial charge in [-0.05, 0) is 44.7 Å². The minimum absolute atomic E-state index is 0.0279. The normalized spacial score (nSPS) is 30.3. The first-order valence-corrected chi connectivity index (χ1v) is 10.1. The van der Waals surface area contributed by atoms with E-state index < -0.39 is 10.0 Å². The lowest BCUT2D eigenvalue weighted by atomic mass is 10.2. The lowest BCUT2D eigenvalue weighted by Crippen LogP contribution is -2.38. The lowest BCUT2D eigenvalue weighted by molar-refractivity contribution is 0.186. The standard InChI is InChI=1S/C17H24N2O4S/c1-12-6-9-19(13-2-3-13)24(21,22)17-5-4-14(10-16(17)23-12)18-8-7-15(20)11-18/h4-5,10,12-13,15,20H,2-3,6-9,11H2,1H3/t12-,15+/m1/s1. The summed E-state index contributed by atoms with van der Waals surface area (Å²) in [6, 6.07) is 5.46. The van der Waals surface area contributed by atoms with Gasteiger partial charge in [0.25, 0.3) is 0 Å². The molecule has 7 heteroatoms. The van der Waals surface area contributed by atoms with Crippen molar-refractivity contribution in [2.24, 2.45) is 0 Å². The second-order valence-electron chi connectivity index (χ2n) is 7.08. The lowest BCUT2D eigenvalue weighted by Gasteiger charge is -2.29. The number of anilines is 1. The molecule has 0 spiro atoms. The molecule has 6 nitrogen and oxygen atoms in total. The van der Waals surface area contributed by atoms with Crippen LogP contribution in [0.1, 0.15) is 32.6 Å². The van der Waals surface area contributed by atoms with Crippen molar-refractivity contribution >= 4 is 15.7 Å². The summed E-state index contributed by atoms with van der Waals surface area (Å²) >= 11 is 0. The zero-order valence-corrected chi connectivity index (χ0v) is 14.7. The highest BCUT2D eigenvalue weighted by Gasteiger charge is 2.40. The van der Waals surface area contributed by atoms with E-state index >= 15 is 0 Å². The number of ether oxygens (including phenoxy) is 1. The summed E-state index contributed by atoms with van der Waals surface area (Å²) in [7, 11) is -3.51. The van der Waals surface area contributed by atoms with Gasteiger partial charge in [0.15, 0.2) is 0 Å². The third kappa shape index (κ3) is 2.89. The molecular formula is C17H24N2O4S. The van der Waals surface area contributed by atoms with Gasteiger partial charge in [-0.1, -0.05) is 0 Å². The zero-order valence-electron chi connectivity index (χ0n) is 13.9. The van der Waals surface area contributed by atoms with Crippen LogP contribution in [0.4, 0.5) is 5.69 Å². The van der Waals surface area contributed by atoms with Crippen molar-refractivity contribution in [2.75, 3.05) is 24.5 Å². The maximum atomic E-state index is 13.0. The Morgan fingerprint density at radius 3 is 2.62 bits per heavy atom. The van der Waals surface area contributed by atoms with Crippen molar-refractivity contribution in [3.05, 3.63) is 18.2 Å². The number of aliphatic hydroxyl groups excluding tert-OH is 1. The van der Waals surface area contributed by atoms with E-state index in [0.29, 0.717) is 25.3 Å². The van der Waals surface area contributed by atoms with Crippen molar-refractivity contribution in [3.63, 3.8) is 0 Å². The molecule has 0 unspecified atom stereocenters. The summed E-state index contributed by atoms with van der Waals surface area (Å²) in [5, 5.41) is 9.73. The van der Waals surface area contributed by atoms with Crippen molar-refractivity contribution in [1.82, 2.24) is 4.31 Å². The van der Waals surface area contributed by atoms with Crippen LogP contribution in [0.25, 0.3) is 0 Å².